The number of benzene rings is 1. The third kappa shape index (κ3) is 2.85. The van der Waals surface area contributed by atoms with Gasteiger partial charge in [0.1, 0.15) is 5.82 Å². The number of halogens is 1. The van der Waals surface area contributed by atoms with Crippen molar-refractivity contribution in [2.45, 2.75) is 19.8 Å². The number of hydrogen-bond acceptors (Lipinski definition) is 3. The zero-order chi connectivity index (χ0) is 14.7. The SMILES string of the molecule is Cc1ccc(-n2cc(CCCO)c(C(=O)O)n2)cc1F. The van der Waals surface area contributed by atoms with Crippen LogP contribution in [0.1, 0.15) is 28.0 Å². The Labute approximate surface area is 115 Å². The molecule has 1 aromatic heterocycles. The second-order valence-corrected chi connectivity index (χ2v) is 4.51. The molecule has 0 atom stereocenters. The van der Waals surface area contributed by atoms with Gasteiger partial charge in [-0.15, -0.1) is 0 Å². The van der Waals surface area contributed by atoms with Crippen LogP contribution in [0.3, 0.4) is 0 Å². The van der Waals surface area contributed by atoms with Gasteiger partial charge in [0, 0.05) is 18.4 Å². The van der Waals surface area contributed by atoms with E-state index < -0.39 is 5.97 Å². The number of aromatic carboxylic acids is 1. The molecule has 0 amide bonds. The number of aromatic nitrogens is 2. The first-order valence-electron chi connectivity index (χ1n) is 6.22. The molecule has 0 aliphatic heterocycles. The molecule has 0 radical (unpaired) electrons. The molecule has 1 aromatic carbocycles. The molecular formula is C14H15FN2O3. The van der Waals surface area contributed by atoms with E-state index in [0.29, 0.717) is 29.7 Å². The van der Waals surface area contributed by atoms with E-state index in [1.807, 2.05) is 0 Å². The van der Waals surface area contributed by atoms with Gasteiger partial charge in [-0.3, -0.25) is 0 Å². The average Bonchev–Trinajstić information content (AvgIpc) is 2.84. The maximum atomic E-state index is 13.5. The van der Waals surface area contributed by atoms with E-state index in [-0.39, 0.29) is 18.1 Å². The number of carboxylic acid groups (broad SMARTS) is 1. The van der Waals surface area contributed by atoms with Crippen LogP contribution in [-0.4, -0.2) is 32.6 Å². The first-order chi connectivity index (χ1) is 9.52. The third-order valence-corrected chi connectivity index (χ3v) is 3.02. The summed E-state index contributed by atoms with van der Waals surface area (Å²) in [7, 11) is 0. The van der Waals surface area contributed by atoms with Crippen molar-refractivity contribution in [2.24, 2.45) is 0 Å². The maximum absolute atomic E-state index is 13.5. The molecule has 1 heterocycles. The average molecular weight is 278 g/mol. The van der Waals surface area contributed by atoms with Crippen LogP contribution in [0.5, 0.6) is 0 Å². The van der Waals surface area contributed by atoms with Crippen molar-refractivity contribution in [3.8, 4) is 5.69 Å². The van der Waals surface area contributed by atoms with Crippen LogP contribution in [0.25, 0.3) is 5.69 Å². The van der Waals surface area contributed by atoms with Crippen molar-refractivity contribution >= 4 is 5.97 Å². The first-order valence-corrected chi connectivity index (χ1v) is 6.22. The summed E-state index contributed by atoms with van der Waals surface area (Å²) < 4.78 is 14.9. The summed E-state index contributed by atoms with van der Waals surface area (Å²) in [5, 5.41) is 21.9. The van der Waals surface area contributed by atoms with Gasteiger partial charge in [0.05, 0.1) is 5.69 Å². The van der Waals surface area contributed by atoms with E-state index in [4.69, 9.17) is 10.2 Å². The normalized spacial score (nSPS) is 10.8. The van der Waals surface area contributed by atoms with Crippen LogP contribution < -0.4 is 0 Å². The summed E-state index contributed by atoms with van der Waals surface area (Å²) >= 11 is 0. The Hall–Kier alpha value is -2.21. The molecule has 0 saturated heterocycles. The lowest BCUT2D eigenvalue weighted by atomic mass is 10.1. The largest absolute Gasteiger partial charge is 0.476 e. The molecule has 0 aliphatic rings. The van der Waals surface area contributed by atoms with Crippen LogP contribution in [0.15, 0.2) is 24.4 Å². The van der Waals surface area contributed by atoms with Crippen molar-refractivity contribution in [3.05, 3.63) is 47.0 Å². The molecule has 2 aromatic rings. The van der Waals surface area contributed by atoms with Gasteiger partial charge in [0.2, 0.25) is 0 Å². The zero-order valence-corrected chi connectivity index (χ0v) is 11.0. The minimum absolute atomic E-state index is 0.0244. The maximum Gasteiger partial charge on any atom is 0.356 e. The number of carboxylic acids is 1. The van der Waals surface area contributed by atoms with Crippen LogP contribution in [0.2, 0.25) is 0 Å². The van der Waals surface area contributed by atoms with E-state index in [2.05, 4.69) is 5.10 Å². The van der Waals surface area contributed by atoms with Gasteiger partial charge in [-0.2, -0.15) is 5.10 Å². The fourth-order valence-corrected chi connectivity index (χ4v) is 1.90. The highest BCUT2D eigenvalue weighted by molar-refractivity contribution is 5.87. The molecule has 0 spiro atoms. The van der Waals surface area contributed by atoms with Gasteiger partial charge in [-0.1, -0.05) is 6.07 Å². The number of aliphatic hydroxyl groups is 1. The molecule has 2 rings (SSSR count). The van der Waals surface area contributed by atoms with Gasteiger partial charge in [0.25, 0.3) is 0 Å². The Morgan fingerprint density at radius 2 is 2.20 bits per heavy atom. The monoisotopic (exact) mass is 278 g/mol. The molecule has 5 nitrogen and oxygen atoms in total. The number of nitrogens with zero attached hydrogens (tertiary/aromatic N) is 2. The van der Waals surface area contributed by atoms with Gasteiger partial charge in [-0.05, 0) is 37.5 Å². The second-order valence-electron chi connectivity index (χ2n) is 4.51. The molecule has 0 aliphatic carbocycles. The number of aryl methyl sites for hydroxylation is 2. The quantitative estimate of drug-likeness (QED) is 0.876. The Kier molecular flexibility index (Phi) is 4.14. The predicted octanol–water partition coefficient (Wildman–Crippen LogP) is 1.94. The number of carbonyl (C=O) groups is 1. The van der Waals surface area contributed by atoms with E-state index in [9.17, 15) is 9.18 Å². The molecule has 0 bridgehead atoms. The van der Waals surface area contributed by atoms with Gasteiger partial charge >= 0.3 is 5.97 Å². The van der Waals surface area contributed by atoms with Crippen LogP contribution in [0.4, 0.5) is 4.39 Å². The van der Waals surface area contributed by atoms with Gasteiger partial charge in [-0.25, -0.2) is 13.9 Å². The highest BCUT2D eigenvalue weighted by Gasteiger charge is 2.16. The molecule has 0 fully saturated rings. The summed E-state index contributed by atoms with van der Waals surface area (Å²) in [6, 6.07) is 4.59. The van der Waals surface area contributed by atoms with Crippen molar-refractivity contribution in [3.63, 3.8) is 0 Å². The van der Waals surface area contributed by atoms with E-state index in [0.717, 1.165) is 0 Å². The fourth-order valence-electron chi connectivity index (χ4n) is 1.90. The molecular weight excluding hydrogens is 263 g/mol. The zero-order valence-electron chi connectivity index (χ0n) is 11.0. The minimum Gasteiger partial charge on any atom is -0.476 e. The Morgan fingerprint density at radius 1 is 1.45 bits per heavy atom. The lowest BCUT2D eigenvalue weighted by Crippen LogP contribution is -2.03. The second kappa shape index (κ2) is 5.83. The lowest BCUT2D eigenvalue weighted by molar-refractivity contribution is 0.0688. The third-order valence-electron chi connectivity index (χ3n) is 3.02. The van der Waals surface area contributed by atoms with Crippen molar-refractivity contribution in [1.29, 1.82) is 0 Å². The number of hydrogen-bond donors (Lipinski definition) is 2. The fraction of sp³-hybridized carbons (Fsp3) is 0.286. The van der Waals surface area contributed by atoms with E-state index in [1.54, 1.807) is 25.3 Å². The smallest absolute Gasteiger partial charge is 0.356 e. The van der Waals surface area contributed by atoms with Crippen molar-refractivity contribution in [2.75, 3.05) is 6.61 Å². The molecule has 6 heteroatoms. The molecule has 0 unspecified atom stereocenters. The Morgan fingerprint density at radius 3 is 2.80 bits per heavy atom. The summed E-state index contributed by atoms with van der Waals surface area (Å²) in [6.45, 7) is 1.63. The highest BCUT2D eigenvalue weighted by Crippen LogP contribution is 2.17. The Balaban J connectivity index is 2.41. The van der Waals surface area contributed by atoms with E-state index in [1.165, 1.54) is 10.7 Å². The first kappa shape index (κ1) is 14.2. The summed E-state index contributed by atoms with van der Waals surface area (Å²) in [5.74, 6) is -1.50. The Bertz CT molecular complexity index is 637. The number of aliphatic hydroxyl groups excluding tert-OH is 1. The summed E-state index contributed by atoms with van der Waals surface area (Å²) in [6.07, 6.45) is 2.42. The van der Waals surface area contributed by atoms with Crippen LogP contribution in [0, 0.1) is 12.7 Å². The molecule has 106 valence electrons. The van der Waals surface area contributed by atoms with Crippen LogP contribution >= 0.6 is 0 Å². The standard InChI is InChI=1S/C14H15FN2O3/c1-9-4-5-11(7-12(9)15)17-8-10(3-2-6-18)13(16-17)14(19)20/h4-5,7-8,18H,2-3,6H2,1H3,(H,19,20). The van der Waals surface area contributed by atoms with Crippen molar-refractivity contribution in [1.82, 2.24) is 9.78 Å². The predicted molar refractivity (Wildman–Crippen MR) is 70.6 cm³/mol. The number of rotatable bonds is 5. The van der Waals surface area contributed by atoms with Gasteiger partial charge < -0.3 is 10.2 Å². The van der Waals surface area contributed by atoms with Crippen molar-refractivity contribution < 1.29 is 19.4 Å². The summed E-state index contributed by atoms with van der Waals surface area (Å²) in [4.78, 5) is 11.1. The molecule has 2 N–H and O–H groups in total. The topological polar surface area (TPSA) is 75.4 Å². The minimum atomic E-state index is -1.13. The highest BCUT2D eigenvalue weighted by atomic mass is 19.1. The molecule has 0 saturated carbocycles. The molecule has 20 heavy (non-hydrogen) atoms. The van der Waals surface area contributed by atoms with Gasteiger partial charge in [0.15, 0.2) is 5.69 Å². The summed E-state index contributed by atoms with van der Waals surface area (Å²) in [5.41, 5.74) is 1.43. The van der Waals surface area contributed by atoms with E-state index >= 15 is 0 Å². The van der Waals surface area contributed by atoms with Crippen LogP contribution in [-0.2, 0) is 6.42 Å². The lowest BCUT2D eigenvalue weighted by Gasteiger charge is -2.02.